The fourth-order valence-corrected chi connectivity index (χ4v) is 1.38. The molecule has 0 saturated heterocycles. The van der Waals surface area contributed by atoms with Gasteiger partial charge >= 0.3 is 0 Å². The summed E-state index contributed by atoms with van der Waals surface area (Å²) in [7, 11) is 0. The van der Waals surface area contributed by atoms with Gasteiger partial charge in [0.15, 0.2) is 0 Å². The van der Waals surface area contributed by atoms with Crippen LogP contribution in [0.3, 0.4) is 0 Å². The summed E-state index contributed by atoms with van der Waals surface area (Å²) in [5.74, 6) is 1.86. The van der Waals surface area contributed by atoms with Crippen molar-refractivity contribution in [1.82, 2.24) is 9.97 Å². The largest absolute Gasteiger partial charge is 0.367 e. The second-order valence-corrected chi connectivity index (χ2v) is 4.73. The third-order valence-electron chi connectivity index (χ3n) is 1.64. The molecule has 0 fully saturated rings. The molecule has 1 aromatic rings. The number of aromatic amines is 1. The Morgan fingerprint density at radius 2 is 2.14 bits per heavy atom. The minimum Gasteiger partial charge on any atom is -0.367 e. The molecule has 1 heterocycles. The number of aryl methyl sites for hydroxylation is 1. The summed E-state index contributed by atoms with van der Waals surface area (Å²) in [5, 5.41) is 3.33. The Bertz CT molecular complexity index is 362. The zero-order valence-corrected chi connectivity index (χ0v) is 9.96. The van der Waals surface area contributed by atoms with E-state index in [1.165, 1.54) is 0 Å². The van der Waals surface area contributed by atoms with Crippen LogP contribution in [0.4, 0.5) is 5.82 Å². The molecule has 0 spiro atoms. The quantitative estimate of drug-likeness (QED) is 0.739. The van der Waals surface area contributed by atoms with Gasteiger partial charge in [0.25, 0.3) is 0 Å². The Balaban J connectivity index is 2.98. The van der Waals surface area contributed by atoms with Crippen molar-refractivity contribution in [2.45, 2.75) is 39.7 Å². The molecule has 0 bridgehead atoms. The highest BCUT2D eigenvalue weighted by molar-refractivity contribution is 7.71. The average Bonchev–Trinajstić information content (AvgIpc) is 1.99. The molecule has 1 rings (SSSR count). The summed E-state index contributed by atoms with van der Waals surface area (Å²) in [4.78, 5) is 7.40. The predicted octanol–water partition coefficient (Wildman–Crippen LogP) is 2.91. The molecule has 1 aromatic heterocycles. The fourth-order valence-electron chi connectivity index (χ4n) is 1.15. The van der Waals surface area contributed by atoms with E-state index in [9.17, 15) is 0 Å². The fraction of sp³-hybridized carbons (Fsp3) is 0.600. The summed E-state index contributed by atoms with van der Waals surface area (Å²) < 4.78 is 0.632. The van der Waals surface area contributed by atoms with Gasteiger partial charge < -0.3 is 10.3 Å². The molecule has 0 aromatic carbocycles. The normalized spacial score (nSPS) is 11.4. The van der Waals surface area contributed by atoms with Crippen molar-refractivity contribution in [3.05, 3.63) is 16.5 Å². The van der Waals surface area contributed by atoms with Crippen LogP contribution in [-0.4, -0.2) is 15.5 Å². The van der Waals surface area contributed by atoms with Gasteiger partial charge in [0, 0.05) is 18.0 Å². The van der Waals surface area contributed by atoms with Crippen molar-refractivity contribution in [2.75, 3.05) is 5.32 Å². The van der Waals surface area contributed by atoms with Crippen LogP contribution in [0, 0.1) is 4.64 Å². The first-order valence-corrected chi connectivity index (χ1v) is 5.20. The van der Waals surface area contributed by atoms with Gasteiger partial charge in [-0.3, -0.25) is 0 Å². The van der Waals surface area contributed by atoms with E-state index in [-0.39, 0.29) is 5.54 Å². The molecule has 3 nitrogen and oxygen atoms in total. The second-order valence-electron chi connectivity index (χ2n) is 4.31. The number of hydrogen-bond donors (Lipinski definition) is 2. The van der Waals surface area contributed by atoms with Crippen LogP contribution in [0.2, 0.25) is 0 Å². The van der Waals surface area contributed by atoms with Crippen LogP contribution in [-0.2, 0) is 6.42 Å². The minimum absolute atomic E-state index is 0.0324. The average molecular weight is 211 g/mol. The molecular formula is C10H17N3S. The van der Waals surface area contributed by atoms with E-state index in [1.807, 2.05) is 6.07 Å². The lowest BCUT2D eigenvalue weighted by Crippen LogP contribution is -2.26. The van der Waals surface area contributed by atoms with Crippen molar-refractivity contribution in [1.29, 1.82) is 0 Å². The van der Waals surface area contributed by atoms with Gasteiger partial charge in [-0.05, 0) is 20.8 Å². The van der Waals surface area contributed by atoms with Crippen LogP contribution in [0.5, 0.6) is 0 Å². The molecule has 0 aliphatic carbocycles. The Labute approximate surface area is 90.0 Å². The Hall–Kier alpha value is -0.900. The van der Waals surface area contributed by atoms with Crippen molar-refractivity contribution in [3.63, 3.8) is 0 Å². The smallest absolute Gasteiger partial charge is 0.131 e. The van der Waals surface area contributed by atoms with E-state index in [0.717, 1.165) is 18.1 Å². The molecule has 0 atom stereocenters. The molecule has 4 heteroatoms. The highest BCUT2D eigenvalue weighted by Crippen LogP contribution is 2.11. The summed E-state index contributed by atoms with van der Waals surface area (Å²) in [5.41, 5.74) is 0.0324. The van der Waals surface area contributed by atoms with E-state index in [2.05, 4.69) is 43.0 Å². The molecule has 0 aliphatic heterocycles. The summed E-state index contributed by atoms with van der Waals surface area (Å²) >= 11 is 5.07. The van der Waals surface area contributed by atoms with Crippen LogP contribution < -0.4 is 5.32 Å². The van der Waals surface area contributed by atoms with Crippen molar-refractivity contribution in [2.24, 2.45) is 0 Å². The summed E-state index contributed by atoms with van der Waals surface area (Å²) in [6.07, 6.45) is 0.864. The topological polar surface area (TPSA) is 40.7 Å². The van der Waals surface area contributed by atoms with Crippen LogP contribution in [0.15, 0.2) is 6.07 Å². The number of hydrogen-bond acceptors (Lipinski definition) is 3. The maximum absolute atomic E-state index is 5.07. The van der Waals surface area contributed by atoms with Gasteiger partial charge in [0.05, 0.1) is 0 Å². The number of nitrogens with one attached hydrogen (secondary N) is 2. The van der Waals surface area contributed by atoms with Crippen molar-refractivity contribution >= 4 is 18.0 Å². The van der Waals surface area contributed by atoms with Gasteiger partial charge in [-0.1, -0.05) is 19.1 Å². The Morgan fingerprint density at radius 3 is 2.64 bits per heavy atom. The molecule has 0 amide bonds. The van der Waals surface area contributed by atoms with Gasteiger partial charge in [-0.15, -0.1) is 0 Å². The monoisotopic (exact) mass is 211 g/mol. The maximum atomic E-state index is 5.07. The predicted molar refractivity (Wildman–Crippen MR) is 62.2 cm³/mol. The van der Waals surface area contributed by atoms with Crippen LogP contribution >= 0.6 is 12.2 Å². The van der Waals surface area contributed by atoms with E-state index >= 15 is 0 Å². The molecule has 0 radical (unpaired) electrons. The van der Waals surface area contributed by atoms with Gasteiger partial charge in [0.2, 0.25) is 0 Å². The Kier molecular flexibility index (Phi) is 3.26. The number of nitrogens with zero attached hydrogens (tertiary/aromatic N) is 1. The summed E-state index contributed by atoms with van der Waals surface area (Å²) in [6.45, 7) is 8.37. The lowest BCUT2D eigenvalue weighted by molar-refractivity contribution is 0.629. The number of anilines is 1. The van der Waals surface area contributed by atoms with Gasteiger partial charge in [-0.2, -0.15) is 0 Å². The van der Waals surface area contributed by atoms with Gasteiger partial charge in [0.1, 0.15) is 16.3 Å². The lowest BCUT2D eigenvalue weighted by atomic mass is 10.1. The Morgan fingerprint density at radius 1 is 1.50 bits per heavy atom. The van der Waals surface area contributed by atoms with E-state index < -0.39 is 0 Å². The van der Waals surface area contributed by atoms with Crippen LogP contribution in [0.25, 0.3) is 0 Å². The van der Waals surface area contributed by atoms with E-state index in [4.69, 9.17) is 12.2 Å². The number of rotatable bonds is 2. The first-order valence-electron chi connectivity index (χ1n) is 4.79. The molecular weight excluding hydrogens is 194 g/mol. The minimum atomic E-state index is 0.0324. The van der Waals surface area contributed by atoms with Crippen LogP contribution in [0.1, 0.15) is 33.5 Å². The van der Waals surface area contributed by atoms with Crippen molar-refractivity contribution < 1.29 is 0 Å². The lowest BCUT2D eigenvalue weighted by Gasteiger charge is -2.22. The summed E-state index contributed by atoms with van der Waals surface area (Å²) in [6, 6.07) is 1.85. The highest BCUT2D eigenvalue weighted by atomic mass is 32.1. The third-order valence-corrected chi connectivity index (χ3v) is 1.85. The molecule has 2 N–H and O–H groups in total. The number of H-pyrrole nitrogens is 1. The number of aromatic nitrogens is 2. The standard InChI is InChI=1S/C10H17N3S/c1-5-7-11-8(6-9(14)12-7)13-10(2,3)4/h6H,5H2,1-4H3,(H2,11,12,13,14). The van der Waals surface area contributed by atoms with Gasteiger partial charge in [-0.25, -0.2) is 4.98 Å². The molecule has 0 saturated carbocycles. The first-order chi connectivity index (χ1) is 6.40. The highest BCUT2D eigenvalue weighted by Gasteiger charge is 2.09. The molecule has 0 unspecified atom stereocenters. The maximum Gasteiger partial charge on any atom is 0.131 e. The van der Waals surface area contributed by atoms with E-state index in [1.54, 1.807) is 0 Å². The second kappa shape index (κ2) is 4.09. The molecule has 0 aliphatic rings. The molecule has 14 heavy (non-hydrogen) atoms. The zero-order chi connectivity index (χ0) is 10.8. The zero-order valence-electron chi connectivity index (χ0n) is 9.14. The van der Waals surface area contributed by atoms with E-state index in [0.29, 0.717) is 4.64 Å². The molecule has 78 valence electrons. The van der Waals surface area contributed by atoms with Crippen molar-refractivity contribution in [3.8, 4) is 0 Å². The first kappa shape index (κ1) is 11.2. The third kappa shape index (κ3) is 3.46. The SMILES string of the molecule is CCc1nc(=S)cc(NC(C)(C)C)[nH]1.